The first-order chi connectivity index (χ1) is 20.1. The van der Waals surface area contributed by atoms with Crippen molar-refractivity contribution in [2.24, 2.45) is 0 Å². The lowest BCUT2D eigenvalue weighted by Gasteiger charge is -2.33. The highest BCUT2D eigenvalue weighted by Gasteiger charge is 2.33. The molecule has 9 heteroatoms. The fourth-order valence-electron chi connectivity index (χ4n) is 4.70. The second-order valence-corrected chi connectivity index (χ2v) is 13.4. The van der Waals surface area contributed by atoms with Gasteiger partial charge in [0.05, 0.1) is 11.4 Å². The van der Waals surface area contributed by atoms with Crippen molar-refractivity contribution in [3.05, 3.63) is 113 Å². The number of nitrogens with one attached hydrogen (secondary N) is 1. The number of benzene rings is 4. The van der Waals surface area contributed by atoms with Crippen LogP contribution in [0.2, 0.25) is 0 Å². The molecule has 0 heterocycles. The van der Waals surface area contributed by atoms with E-state index in [1.807, 2.05) is 92.7 Å². The molecule has 4 aromatic carbocycles. The first-order valence-electron chi connectivity index (χ1n) is 13.9. The Kier molecular flexibility index (Phi) is 10.5. The van der Waals surface area contributed by atoms with Crippen molar-refractivity contribution in [1.29, 1.82) is 0 Å². The van der Waals surface area contributed by atoms with Crippen LogP contribution in [0.1, 0.15) is 31.4 Å². The SMILES string of the molecule is CC[C@@H](C)NC(=O)[C@@H](Cc1ccccc1)N(Cc1cccc(Br)c1)C(=O)CN(C)S(=O)(=O)c1ccc2ccccc2c1. The van der Waals surface area contributed by atoms with Crippen LogP contribution in [0.15, 0.2) is 106 Å². The molecule has 0 aliphatic heterocycles. The van der Waals surface area contributed by atoms with Crippen molar-refractivity contribution in [2.75, 3.05) is 13.6 Å². The molecular formula is C33H36BrN3O4S. The van der Waals surface area contributed by atoms with Crippen LogP contribution in [0.5, 0.6) is 0 Å². The van der Waals surface area contributed by atoms with Gasteiger partial charge in [0, 0.05) is 30.5 Å². The van der Waals surface area contributed by atoms with Crippen LogP contribution in [0.4, 0.5) is 0 Å². The third-order valence-corrected chi connectivity index (χ3v) is 9.59. The van der Waals surface area contributed by atoms with E-state index in [0.717, 1.165) is 37.1 Å². The van der Waals surface area contributed by atoms with E-state index in [-0.39, 0.29) is 29.8 Å². The van der Waals surface area contributed by atoms with E-state index in [1.165, 1.54) is 11.9 Å². The van der Waals surface area contributed by atoms with Crippen molar-refractivity contribution in [3.63, 3.8) is 0 Å². The zero-order chi connectivity index (χ0) is 30.3. The quantitative estimate of drug-likeness (QED) is 0.211. The standard InChI is InChI=1S/C33H36BrN3O4S/c1-4-24(2)35-33(39)31(20-25-11-6-5-7-12-25)37(22-26-13-10-16-29(34)19-26)32(38)23-36(3)42(40,41)30-18-17-27-14-8-9-15-28(27)21-30/h5-19,21,24,31H,4,20,22-23H2,1-3H3,(H,35,39)/t24-,31-/m1/s1. The summed E-state index contributed by atoms with van der Waals surface area (Å²) in [5, 5.41) is 4.75. The van der Waals surface area contributed by atoms with E-state index in [0.29, 0.717) is 0 Å². The molecule has 2 atom stereocenters. The average Bonchev–Trinajstić information content (AvgIpc) is 2.98. The second kappa shape index (κ2) is 14.1. The molecule has 0 aromatic heterocycles. The Labute approximate surface area is 256 Å². The van der Waals surface area contributed by atoms with Crippen LogP contribution >= 0.6 is 15.9 Å². The van der Waals surface area contributed by atoms with E-state index in [1.54, 1.807) is 18.2 Å². The zero-order valence-corrected chi connectivity index (χ0v) is 26.4. The van der Waals surface area contributed by atoms with Gasteiger partial charge in [0.25, 0.3) is 0 Å². The number of halogens is 1. The number of amides is 2. The summed E-state index contributed by atoms with van der Waals surface area (Å²) in [7, 11) is -2.59. The summed E-state index contributed by atoms with van der Waals surface area (Å²) < 4.78 is 29.1. The van der Waals surface area contributed by atoms with Gasteiger partial charge in [-0.15, -0.1) is 0 Å². The number of likely N-dealkylation sites (N-methyl/N-ethyl adjacent to an activating group) is 1. The lowest BCUT2D eigenvalue weighted by Crippen LogP contribution is -2.54. The molecule has 0 aliphatic rings. The maximum absolute atomic E-state index is 14.1. The van der Waals surface area contributed by atoms with Crippen LogP contribution in [0, 0.1) is 0 Å². The molecule has 0 saturated heterocycles. The molecule has 0 fully saturated rings. The molecule has 0 bridgehead atoms. The Balaban J connectivity index is 1.68. The van der Waals surface area contributed by atoms with Crippen LogP contribution in [0.25, 0.3) is 10.8 Å². The van der Waals surface area contributed by atoms with Crippen molar-refractivity contribution in [3.8, 4) is 0 Å². The molecule has 4 aromatic rings. The lowest BCUT2D eigenvalue weighted by molar-refractivity contribution is -0.141. The minimum absolute atomic E-state index is 0.0884. The maximum Gasteiger partial charge on any atom is 0.243 e. The number of hydrogen-bond donors (Lipinski definition) is 1. The minimum atomic E-state index is -3.99. The molecule has 7 nitrogen and oxygen atoms in total. The predicted molar refractivity (Wildman–Crippen MR) is 170 cm³/mol. The lowest BCUT2D eigenvalue weighted by atomic mass is 10.0. The fourth-order valence-corrected chi connectivity index (χ4v) is 6.30. The summed E-state index contributed by atoms with van der Waals surface area (Å²) in [6.07, 6.45) is 1.01. The highest BCUT2D eigenvalue weighted by Crippen LogP contribution is 2.23. The first kappa shape index (κ1) is 31.4. The Hall–Kier alpha value is -3.53. The van der Waals surface area contributed by atoms with Crippen molar-refractivity contribution in [2.45, 2.75) is 50.2 Å². The normalized spacial score (nSPS) is 13.1. The van der Waals surface area contributed by atoms with Gasteiger partial charge < -0.3 is 10.2 Å². The van der Waals surface area contributed by atoms with Crippen molar-refractivity contribution in [1.82, 2.24) is 14.5 Å². The molecule has 2 amide bonds. The van der Waals surface area contributed by atoms with Crippen molar-refractivity contribution < 1.29 is 18.0 Å². The highest BCUT2D eigenvalue weighted by molar-refractivity contribution is 9.10. The number of nitrogens with zero attached hydrogens (tertiary/aromatic N) is 2. The van der Waals surface area contributed by atoms with Gasteiger partial charge in [0.1, 0.15) is 6.04 Å². The molecular weight excluding hydrogens is 614 g/mol. The molecule has 42 heavy (non-hydrogen) atoms. The Morgan fingerprint density at radius 3 is 2.21 bits per heavy atom. The average molecular weight is 651 g/mol. The summed E-state index contributed by atoms with van der Waals surface area (Å²) >= 11 is 3.49. The number of carbonyl (C=O) groups excluding carboxylic acids is 2. The maximum atomic E-state index is 14.1. The van der Waals surface area contributed by atoms with Crippen LogP contribution in [-0.4, -0.2) is 55.1 Å². The summed E-state index contributed by atoms with van der Waals surface area (Å²) in [5.74, 6) is -0.751. The van der Waals surface area contributed by atoms with Gasteiger partial charge in [0.15, 0.2) is 0 Å². The monoisotopic (exact) mass is 649 g/mol. The molecule has 0 spiro atoms. The van der Waals surface area contributed by atoms with Crippen LogP contribution < -0.4 is 5.32 Å². The van der Waals surface area contributed by atoms with Gasteiger partial charge in [-0.1, -0.05) is 95.7 Å². The molecule has 0 unspecified atom stereocenters. The van der Waals surface area contributed by atoms with Gasteiger partial charge in [-0.25, -0.2) is 8.42 Å². The Morgan fingerprint density at radius 2 is 1.52 bits per heavy atom. The minimum Gasteiger partial charge on any atom is -0.352 e. The van der Waals surface area contributed by atoms with Crippen LogP contribution in [-0.2, 0) is 32.6 Å². The number of hydrogen-bond acceptors (Lipinski definition) is 4. The molecule has 0 radical (unpaired) electrons. The summed E-state index contributed by atoms with van der Waals surface area (Å²) in [6.45, 7) is 3.61. The topological polar surface area (TPSA) is 86.8 Å². The predicted octanol–water partition coefficient (Wildman–Crippen LogP) is 5.78. The second-order valence-electron chi connectivity index (χ2n) is 10.4. The number of sulfonamides is 1. The number of fused-ring (bicyclic) bond motifs is 1. The summed E-state index contributed by atoms with van der Waals surface area (Å²) in [4.78, 5) is 29.4. The van der Waals surface area contributed by atoms with Gasteiger partial charge >= 0.3 is 0 Å². The smallest absolute Gasteiger partial charge is 0.243 e. The third kappa shape index (κ3) is 7.85. The van der Waals surface area contributed by atoms with Gasteiger partial charge in [-0.05, 0) is 59.5 Å². The van der Waals surface area contributed by atoms with E-state index in [9.17, 15) is 18.0 Å². The largest absolute Gasteiger partial charge is 0.352 e. The molecule has 0 aliphatic carbocycles. The third-order valence-electron chi connectivity index (χ3n) is 7.30. The molecule has 4 rings (SSSR count). The van der Waals surface area contributed by atoms with Gasteiger partial charge in [-0.2, -0.15) is 4.31 Å². The van der Waals surface area contributed by atoms with E-state index >= 15 is 0 Å². The van der Waals surface area contributed by atoms with E-state index in [4.69, 9.17) is 0 Å². The zero-order valence-electron chi connectivity index (χ0n) is 24.0. The van der Waals surface area contributed by atoms with Gasteiger partial charge in [0.2, 0.25) is 21.8 Å². The molecule has 0 saturated carbocycles. The highest BCUT2D eigenvalue weighted by atomic mass is 79.9. The van der Waals surface area contributed by atoms with Crippen molar-refractivity contribution >= 4 is 48.5 Å². The summed E-state index contributed by atoms with van der Waals surface area (Å²) in [6, 6.07) is 28.5. The van der Waals surface area contributed by atoms with E-state index in [2.05, 4.69) is 21.2 Å². The molecule has 1 N–H and O–H groups in total. The Morgan fingerprint density at radius 1 is 0.857 bits per heavy atom. The fraction of sp³-hybridized carbons (Fsp3) is 0.273. The number of rotatable bonds is 12. The first-order valence-corrected chi connectivity index (χ1v) is 16.1. The van der Waals surface area contributed by atoms with E-state index < -0.39 is 28.5 Å². The Bertz CT molecular complexity index is 1650. The molecule has 220 valence electrons. The van der Waals surface area contributed by atoms with Crippen LogP contribution in [0.3, 0.4) is 0 Å². The van der Waals surface area contributed by atoms with Gasteiger partial charge in [-0.3, -0.25) is 9.59 Å². The number of carbonyl (C=O) groups is 2. The summed E-state index contributed by atoms with van der Waals surface area (Å²) in [5.41, 5.74) is 1.71.